The number of piperidine rings is 1. The molecule has 0 aromatic heterocycles. The fourth-order valence-corrected chi connectivity index (χ4v) is 2.50. The van der Waals surface area contributed by atoms with Gasteiger partial charge in [0.25, 0.3) is 0 Å². The first kappa shape index (κ1) is 12.0. The highest BCUT2D eigenvalue weighted by molar-refractivity contribution is 5.31. The summed E-state index contributed by atoms with van der Waals surface area (Å²) in [7, 11) is 2.10. The van der Waals surface area contributed by atoms with Crippen molar-refractivity contribution in [3.8, 4) is 5.75 Å². The van der Waals surface area contributed by atoms with Gasteiger partial charge in [0.15, 0.2) is 0 Å². The van der Waals surface area contributed by atoms with Gasteiger partial charge in [-0.3, -0.25) is 0 Å². The molecule has 0 atom stereocenters. The summed E-state index contributed by atoms with van der Waals surface area (Å²) in [6.45, 7) is 1.91. The van der Waals surface area contributed by atoms with Gasteiger partial charge in [0.2, 0.25) is 0 Å². The van der Waals surface area contributed by atoms with Gasteiger partial charge in [0, 0.05) is 13.1 Å². The number of aliphatic hydroxyl groups is 1. The molecule has 0 amide bonds. The second-order valence-electron chi connectivity index (χ2n) is 5.68. The molecule has 98 valence electrons. The number of ether oxygens (including phenoxy) is 1. The van der Waals surface area contributed by atoms with Gasteiger partial charge in [-0.05, 0) is 50.4 Å². The molecule has 1 aromatic rings. The number of nitrogens with zero attached hydrogens (tertiary/aromatic N) is 1. The predicted molar refractivity (Wildman–Crippen MR) is 70.7 cm³/mol. The second kappa shape index (κ2) is 4.56. The lowest BCUT2D eigenvalue weighted by Gasteiger charge is -2.37. The maximum absolute atomic E-state index is 10.7. The molecular formula is C15H21NO2. The standard InChI is InChI=1S/C15H21NO2/c1-16-10-8-15(17,9-11-16)12-2-4-13(5-3-12)18-14-6-7-14/h2-5,14,17H,6-11H2,1H3. The molecule has 0 spiro atoms. The molecule has 2 aliphatic rings. The first-order chi connectivity index (χ1) is 8.66. The monoisotopic (exact) mass is 247 g/mol. The van der Waals surface area contributed by atoms with Gasteiger partial charge in [-0.25, -0.2) is 0 Å². The third-order valence-electron chi connectivity index (χ3n) is 4.03. The summed E-state index contributed by atoms with van der Waals surface area (Å²) in [5.74, 6) is 0.928. The van der Waals surface area contributed by atoms with Crippen LogP contribution in [0.4, 0.5) is 0 Å². The minimum absolute atomic E-state index is 0.433. The van der Waals surface area contributed by atoms with Crippen molar-refractivity contribution in [2.45, 2.75) is 37.4 Å². The highest BCUT2D eigenvalue weighted by atomic mass is 16.5. The van der Waals surface area contributed by atoms with Crippen molar-refractivity contribution < 1.29 is 9.84 Å². The van der Waals surface area contributed by atoms with Crippen molar-refractivity contribution in [3.63, 3.8) is 0 Å². The Bertz CT molecular complexity index is 403. The Morgan fingerprint density at radius 2 is 1.78 bits per heavy atom. The fourth-order valence-electron chi connectivity index (χ4n) is 2.50. The van der Waals surface area contributed by atoms with E-state index in [0.717, 1.165) is 37.2 Å². The van der Waals surface area contributed by atoms with Crippen molar-refractivity contribution in [1.29, 1.82) is 0 Å². The van der Waals surface area contributed by atoms with Crippen molar-refractivity contribution in [2.24, 2.45) is 0 Å². The Labute approximate surface area is 108 Å². The van der Waals surface area contributed by atoms with E-state index < -0.39 is 5.60 Å². The van der Waals surface area contributed by atoms with Crippen LogP contribution >= 0.6 is 0 Å². The highest BCUT2D eigenvalue weighted by Crippen LogP contribution is 2.34. The third-order valence-corrected chi connectivity index (χ3v) is 4.03. The van der Waals surface area contributed by atoms with Crippen LogP contribution in [-0.2, 0) is 5.60 Å². The molecule has 3 nitrogen and oxygen atoms in total. The summed E-state index contributed by atoms with van der Waals surface area (Å²) >= 11 is 0. The summed E-state index contributed by atoms with van der Waals surface area (Å²) in [6, 6.07) is 8.01. The topological polar surface area (TPSA) is 32.7 Å². The normalized spacial score (nSPS) is 23.9. The van der Waals surface area contributed by atoms with Crippen molar-refractivity contribution >= 4 is 0 Å². The van der Waals surface area contributed by atoms with E-state index in [1.807, 2.05) is 24.3 Å². The van der Waals surface area contributed by atoms with Crippen LogP contribution in [-0.4, -0.2) is 36.2 Å². The van der Waals surface area contributed by atoms with E-state index in [-0.39, 0.29) is 0 Å². The van der Waals surface area contributed by atoms with E-state index in [2.05, 4.69) is 11.9 Å². The maximum Gasteiger partial charge on any atom is 0.119 e. The zero-order valence-corrected chi connectivity index (χ0v) is 10.9. The SMILES string of the molecule is CN1CCC(O)(c2ccc(OC3CC3)cc2)CC1. The smallest absolute Gasteiger partial charge is 0.119 e. The minimum atomic E-state index is -0.648. The van der Waals surface area contributed by atoms with E-state index in [4.69, 9.17) is 4.74 Å². The summed E-state index contributed by atoms with van der Waals surface area (Å²) in [6.07, 6.45) is 4.41. The molecule has 0 unspecified atom stereocenters. The molecule has 1 N–H and O–H groups in total. The van der Waals surface area contributed by atoms with Crippen molar-refractivity contribution in [3.05, 3.63) is 29.8 Å². The molecule has 1 saturated heterocycles. The van der Waals surface area contributed by atoms with Crippen LogP contribution in [0.2, 0.25) is 0 Å². The number of hydrogen-bond acceptors (Lipinski definition) is 3. The van der Waals surface area contributed by atoms with Crippen LogP contribution in [0.15, 0.2) is 24.3 Å². The maximum atomic E-state index is 10.7. The lowest BCUT2D eigenvalue weighted by atomic mass is 9.84. The zero-order valence-electron chi connectivity index (χ0n) is 10.9. The average molecular weight is 247 g/mol. The summed E-state index contributed by atoms with van der Waals surface area (Å²) in [5, 5.41) is 10.7. The average Bonchev–Trinajstić information content (AvgIpc) is 3.18. The molecule has 18 heavy (non-hydrogen) atoms. The summed E-state index contributed by atoms with van der Waals surface area (Å²) in [5.41, 5.74) is 0.378. The van der Waals surface area contributed by atoms with Gasteiger partial charge < -0.3 is 14.7 Å². The van der Waals surface area contributed by atoms with E-state index >= 15 is 0 Å². The Morgan fingerprint density at radius 1 is 1.17 bits per heavy atom. The van der Waals surface area contributed by atoms with Crippen molar-refractivity contribution in [1.82, 2.24) is 4.90 Å². The Morgan fingerprint density at radius 3 is 2.33 bits per heavy atom. The summed E-state index contributed by atoms with van der Waals surface area (Å²) in [4.78, 5) is 2.26. The number of benzene rings is 1. The Hall–Kier alpha value is -1.06. The first-order valence-electron chi connectivity index (χ1n) is 6.84. The lowest BCUT2D eigenvalue weighted by molar-refractivity contribution is -0.0203. The van der Waals surface area contributed by atoms with Crippen molar-refractivity contribution in [2.75, 3.05) is 20.1 Å². The number of rotatable bonds is 3. The van der Waals surface area contributed by atoms with Gasteiger partial charge in [-0.2, -0.15) is 0 Å². The first-order valence-corrected chi connectivity index (χ1v) is 6.84. The van der Waals surface area contributed by atoms with E-state index in [0.29, 0.717) is 6.10 Å². The van der Waals surface area contributed by atoms with Gasteiger partial charge >= 0.3 is 0 Å². The number of likely N-dealkylation sites (tertiary alicyclic amines) is 1. The van der Waals surface area contributed by atoms with Crippen LogP contribution in [0.1, 0.15) is 31.2 Å². The molecule has 3 heteroatoms. The molecule has 2 fully saturated rings. The summed E-state index contributed by atoms with van der Waals surface area (Å²) < 4.78 is 5.73. The molecule has 1 aliphatic heterocycles. The van der Waals surface area contributed by atoms with Crippen LogP contribution in [0.25, 0.3) is 0 Å². The van der Waals surface area contributed by atoms with Crippen LogP contribution in [0.5, 0.6) is 5.75 Å². The van der Waals surface area contributed by atoms with Gasteiger partial charge in [0.05, 0.1) is 11.7 Å². The van der Waals surface area contributed by atoms with Gasteiger partial charge in [-0.15, -0.1) is 0 Å². The van der Waals surface area contributed by atoms with Gasteiger partial charge in [-0.1, -0.05) is 12.1 Å². The molecule has 0 bridgehead atoms. The van der Waals surface area contributed by atoms with Gasteiger partial charge in [0.1, 0.15) is 5.75 Å². The molecule has 1 saturated carbocycles. The minimum Gasteiger partial charge on any atom is -0.490 e. The molecule has 1 heterocycles. The molecule has 0 radical (unpaired) electrons. The van der Waals surface area contributed by atoms with Crippen LogP contribution in [0, 0.1) is 0 Å². The fraction of sp³-hybridized carbons (Fsp3) is 0.600. The molecule has 3 rings (SSSR count). The third kappa shape index (κ3) is 2.52. The Kier molecular flexibility index (Phi) is 3.04. The van der Waals surface area contributed by atoms with Crippen LogP contribution < -0.4 is 4.74 Å². The second-order valence-corrected chi connectivity index (χ2v) is 5.68. The number of hydrogen-bond donors (Lipinski definition) is 1. The lowest BCUT2D eigenvalue weighted by Crippen LogP contribution is -2.40. The Balaban J connectivity index is 1.70. The largest absolute Gasteiger partial charge is 0.490 e. The highest BCUT2D eigenvalue weighted by Gasteiger charge is 2.33. The van der Waals surface area contributed by atoms with E-state index in [1.165, 1.54) is 12.8 Å². The van der Waals surface area contributed by atoms with Crippen LogP contribution in [0.3, 0.4) is 0 Å². The van der Waals surface area contributed by atoms with E-state index in [9.17, 15) is 5.11 Å². The quantitative estimate of drug-likeness (QED) is 0.888. The van der Waals surface area contributed by atoms with E-state index in [1.54, 1.807) is 0 Å². The zero-order chi connectivity index (χ0) is 12.6. The molecular weight excluding hydrogens is 226 g/mol. The predicted octanol–water partition coefficient (Wildman–Crippen LogP) is 2.14. The molecule has 1 aromatic carbocycles. The molecule has 1 aliphatic carbocycles.